The van der Waals surface area contributed by atoms with Crippen molar-refractivity contribution < 1.29 is 14.3 Å². The second kappa shape index (κ2) is 6.23. The van der Waals surface area contributed by atoms with Gasteiger partial charge in [0.25, 0.3) is 0 Å². The lowest BCUT2D eigenvalue weighted by atomic mass is 10.2. The minimum Gasteiger partial charge on any atom is -0.380 e. The van der Waals surface area contributed by atoms with Crippen LogP contribution in [0.3, 0.4) is 0 Å². The van der Waals surface area contributed by atoms with Gasteiger partial charge in [0.1, 0.15) is 6.04 Å². The van der Waals surface area contributed by atoms with E-state index in [1.807, 2.05) is 12.1 Å². The second-order valence-corrected chi connectivity index (χ2v) is 5.52. The molecule has 1 aromatic carbocycles. The molecule has 1 aromatic rings. The van der Waals surface area contributed by atoms with E-state index in [0.29, 0.717) is 18.7 Å². The summed E-state index contributed by atoms with van der Waals surface area (Å²) in [6.07, 6.45) is 0.266. The van der Waals surface area contributed by atoms with Crippen LogP contribution in [0.1, 0.15) is 6.42 Å². The molecule has 108 valence electrons. The first-order chi connectivity index (χ1) is 9.51. The summed E-state index contributed by atoms with van der Waals surface area (Å²) >= 11 is 3.32. The molecule has 0 bridgehead atoms. The molecule has 0 aliphatic carbocycles. The predicted molar refractivity (Wildman–Crippen MR) is 78.3 cm³/mol. The maximum Gasteiger partial charge on any atom is 0.322 e. The van der Waals surface area contributed by atoms with Crippen LogP contribution in [-0.4, -0.2) is 42.6 Å². The van der Waals surface area contributed by atoms with Crippen LogP contribution >= 0.6 is 15.9 Å². The molecular formula is C13H16BrN3O3. The van der Waals surface area contributed by atoms with Gasteiger partial charge >= 0.3 is 6.03 Å². The summed E-state index contributed by atoms with van der Waals surface area (Å²) in [5, 5.41) is 2.74. The Morgan fingerprint density at radius 2 is 2.05 bits per heavy atom. The normalized spacial score (nSPS) is 21.8. The number of amides is 3. The average molecular weight is 342 g/mol. The van der Waals surface area contributed by atoms with Crippen LogP contribution in [0.15, 0.2) is 28.7 Å². The number of urea groups is 1. The zero-order chi connectivity index (χ0) is 14.7. The maximum atomic E-state index is 12.2. The molecule has 3 N–H and O–H groups in total. The highest BCUT2D eigenvalue weighted by Crippen LogP contribution is 2.21. The first kappa shape index (κ1) is 14.8. The number of carbonyl (C=O) groups excluding carboxylic acids is 2. The van der Waals surface area contributed by atoms with Crippen LogP contribution in [-0.2, 0) is 9.53 Å². The molecule has 0 spiro atoms. The summed E-state index contributed by atoms with van der Waals surface area (Å²) < 4.78 is 6.12. The molecule has 6 nitrogen and oxygen atoms in total. The molecular weight excluding hydrogens is 326 g/mol. The number of nitrogens with two attached hydrogens (primary N) is 1. The van der Waals surface area contributed by atoms with Crippen LogP contribution in [0, 0.1) is 0 Å². The minimum atomic E-state index is -0.629. The summed E-state index contributed by atoms with van der Waals surface area (Å²) in [4.78, 5) is 25.0. The fourth-order valence-electron chi connectivity index (χ4n) is 2.19. The van der Waals surface area contributed by atoms with Crippen molar-refractivity contribution in [2.75, 3.05) is 19.0 Å². The van der Waals surface area contributed by atoms with Crippen LogP contribution in [0.5, 0.6) is 0 Å². The molecule has 0 saturated carbocycles. The summed E-state index contributed by atoms with van der Waals surface area (Å²) in [7, 11) is 1.55. The Balaban J connectivity index is 2.07. The first-order valence-corrected chi connectivity index (χ1v) is 6.96. The van der Waals surface area contributed by atoms with Gasteiger partial charge in [0.05, 0.1) is 6.10 Å². The van der Waals surface area contributed by atoms with Gasteiger partial charge in [0.2, 0.25) is 5.91 Å². The highest BCUT2D eigenvalue weighted by molar-refractivity contribution is 9.10. The van der Waals surface area contributed by atoms with E-state index in [1.165, 1.54) is 4.90 Å². The monoisotopic (exact) mass is 341 g/mol. The number of nitrogens with zero attached hydrogens (tertiary/aromatic N) is 1. The third-order valence-corrected chi connectivity index (χ3v) is 3.81. The Kier molecular flexibility index (Phi) is 4.61. The van der Waals surface area contributed by atoms with Gasteiger partial charge in [-0.05, 0) is 24.3 Å². The van der Waals surface area contributed by atoms with Crippen molar-refractivity contribution in [3.05, 3.63) is 28.7 Å². The molecule has 1 unspecified atom stereocenters. The Morgan fingerprint density at radius 1 is 1.40 bits per heavy atom. The van der Waals surface area contributed by atoms with Crippen molar-refractivity contribution in [3.63, 3.8) is 0 Å². The van der Waals surface area contributed by atoms with Gasteiger partial charge < -0.3 is 20.7 Å². The summed E-state index contributed by atoms with van der Waals surface area (Å²) in [5.74, 6) is -0.518. The summed E-state index contributed by atoms with van der Waals surface area (Å²) in [5.41, 5.74) is 5.99. The zero-order valence-electron chi connectivity index (χ0n) is 11.0. The Labute approximate surface area is 125 Å². The van der Waals surface area contributed by atoms with Crippen LogP contribution in [0.2, 0.25) is 0 Å². The zero-order valence-corrected chi connectivity index (χ0v) is 12.6. The Bertz CT molecular complexity index is 506. The largest absolute Gasteiger partial charge is 0.380 e. The van der Waals surface area contributed by atoms with Crippen molar-refractivity contribution in [1.82, 2.24) is 4.90 Å². The van der Waals surface area contributed by atoms with E-state index >= 15 is 0 Å². The van der Waals surface area contributed by atoms with E-state index in [1.54, 1.807) is 19.2 Å². The third kappa shape index (κ3) is 3.29. The second-order valence-electron chi connectivity index (χ2n) is 4.60. The molecule has 7 heteroatoms. The fourth-order valence-corrected chi connectivity index (χ4v) is 2.46. The SMILES string of the molecule is COC1C[C@H](C(N)=O)N(C(=O)Nc2ccc(Br)cc2)C1. The van der Waals surface area contributed by atoms with Gasteiger partial charge in [-0.15, -0.1) is 0 Å². The number of carbonyl (C=O) groups is 2. The molecule has 1 aliphatic heterocycles. The lowest BCUT2D eigenvalue weighted by Crippen LogP contribution is -2.45. The van der Waals surface area contributed by atoms with Crippen LogP contribution < -0.4 is 11.1 Å². The summed E-state index contributed by atoms with van der Waals surface area (Å²) in [6, 6.07) is 6.20. The number of benzene rings is 1. The number of ether oxygens (including phenoxy) is 1. The summed E-state index contributed by atoms with van der Waals surface area (Å²) in [6.45, 7) is 0.354. The van der Waals surface area contributed by atoms with Crippen molar-refractivity contribution in [1.29, 1.82) is 0 Å². The lowest BCUT2D eigenvalue weighted by Gasteiger charge is -2.22. The molecule has 1 aliphatic rings. The van der Waals surface area contributed by atoms with Crippen molar-refractivity contribution in [2.24, 2.45) is 5.73 Å². The van der Waals surface area contributed by atoms with E-state index in [-0.39, 0.29) is 12.1 Å². The van der Waals surface area contributed by atoms with E-state index in [4.69, 9.17) is 10.5 Å². The Hall–Kier alpha value is -1.60. The highest BCUT2D eigenvalue weighted by atomic mass is 79.9. The van der Waals surface area contributed by atoms with Gasteiger partial charge in [-0.3, -0.25) is 4.79 Å². The number of hydrogen-bond donors (Lipinski definition) is 2. The number of methoxy groups -OCH3 is 1. The van der Waals surface area contributed by atoms with Crippen molar-refractivity contribution in [2.45, 2.75) is 18.6 Å². The number of nitrogens with one attached hydrogen (secondary N) is 1. The van der Waals surface area contributed by atoms with E-state index in [2.05, 4.69) is 21.2 Å². The molecule has 2 atom stereocenters. The van der Waals surface area contributed by atoms with Gasteiger partial charge in [-0.25, -0.2) is 4.79 Å². The highest BCUT2D eigenvalue weighted by Gasteiger charge is 2.38. The van der Waals surface area contributed by atoms with E-state index in [0.717, 1.165) is 4.47 Å². The quantitative estimate of drug-likeness (QED) is 0.874. The van der Waals surface area contributed by atoms with Crippen molar-refractivity contribution in [3.8, 4) is 0 Å². The minimum absolute atomic E-state index is 0.164. The molecule has 3 amide bonds. The Morgan fingerprint density at radius 3 is 2.60 bits per heavy atom. The van der Waals surface area contributed by atoms with Gasteiger partial charge in [0, 0.05) is 30.2 Å². The smallest absolute Gasteiger partial charge is 0.322 e. The lowest BCUT2D eigenvalue weighted by molar-refractivity contribution is -0.121. The molecule has 1 fully saturated rings. The fraction of sp³-hybridized carbons (Fsp3) is 0.385. The number of hydrogen-bond acceptors (Lipinski definition) is 3. The van der Waals surface area contributed by atoms with Crippen LogP contribution in [0.4, 0.5) is 10.5 Å². The molecule has 1 heterocycles. The van der Waals surface area contributed by atoms with Crippen LogP contribution in [0.25, 0.3) is 0 Å². The van der Waals surface area contributed by atoms with E-state index in [9.17, 15) is 9.59 Å². The maximum absolute atomic E-state index is 12.2. The molecule has 2 rings (SSSR count). The number of likely N-dealkylation sites (tertiary alicyclic amines) is 1. The number of rotatable bonds is 3. The molecule has 0 radical (unpaired) electrons. The third-order valence-electron chi connectivity index (χ3n) is 3.28. The standard InChI is InChI=1S/C13H16BrN3O3/c1-20-10-6-11(12(15)18)17(7-10)13(19)16-9-4-2-8(14)3-5-9/h2-5,10-11H,6-7H2,1H3,(H2,15,18)(H,16,19)/t10?,11-/m1/s1. The van der Waals surface area contributed by atoms with Gasteiger partial charge in [0.15, 0.2) is 0 Å². The van der Waals surface area contributed by atoms with Gasteiger partial charge in [-0.2, -0.15) is 0 Å². The van der Waals surface area contributed by atoms with E-state index < -0.39 is 11.9 Å². The van der Waals surface area contributed by atoms with Crippen molar-refractivity contribution >= 4 is 33.6 Å². The number of halogens is 1. The first-order valence-electron chi connectivity index (χ1n) is 6.16. The number of primary amides is 1. The topological polar surface area (TPSA) is 84.7 Å². The number of anilines is 1. The molecule has 0 aromatic heterocycles. The average Bonchev–Trinajstić information content (AvgIpc) is 2.86. The van der Waals surface area contributed by atoms with Gasteiger partial charge in [-0.1, -0.05) is 15.9 Å². The molecule has 20 heavy (non-hydrogen) atoms. The predicted octanol–water partition coefficient (Wildman–Crippen LogP) is 1.56. The molecule has 1 saturated heterocycles.